The van der Waals surface area contributed by atoms with E-state index in [0.29, 0.717) is 12.0 Å². The van der Waals surface area contributed by atoms with E-state index in [1.165, 1.54) is 19.3 Å². The number of oxime groups is 1. The highest BCUT2D eigenvalue weighted by atomic mass is 16.7. The average Bonchev–Trinajstić information content (AvgIpc) is 2.47. The Hall–Kier alpha value is -0.730. The molecule has 0 saturated heterocycles. The predicted molar refractivity (Wildman–Crippen MR) is 41.3 cm³/mol. The van der Waals surface area contributed by atoms with E-state index < -0.39 is 0 Å². The lowest BCUT2D eigenvalue weighted by molar-refractivity contribution is 0.0395. The summed E-state index contributed by atoms with van der Waals surface area (Å²) >= 11 is 0. The van der Waals surface area contributed by atoms with Gasteiger partial charge in [0.1, 0.15) is 6.10 Å². The minimum atomic E-state index is 0.318. The topological polar surface area (TPSA) is 30.8 Å². The first kappa shape index (κ1) is 6.95. The van der Waals surface area contributed by atoms with Crippen LogP contribution in [0.4, 0.5) is 0 Å². The van der Waals surface area contributed by atoms with E-state index in [0.717, 1.165) is 12.3 Å². The summed E-state index contributed by atoms with van der Waals surface area (Å²) in [5.41, 5.74) is 0. The van der Waals surface area contributed by atoms with Crippen molar-refractivity contribution in [3.63, 3.8) is 0 Å². The molecular formula is C8H13NO2. The van der Waals surface area contributed by atoms with Crippen LogP contribution in [0.1, 0.15) is 25.7 Å². The van der Waals surface area contributed by atoms with Crippen LogP contribution in [0.2, 0.25) is 0 Å². The molecule has 0 radical (unpaired) electrons. The zero-order valence-corrected chi connectivity index (χ0v) is 6.75. The van der Waals surface area contributed by atoms with Gasteiger partial charge in [-0.3, -0.25) is 0 Å². The van der Waals surface area contributed by atoms with Crippen LogP contribution in [-0.2, 0) is 9.57 Å². The first-order valence-corrected chi connectivity index (χ1v) is 4.19. The number of nitrogens with zero attached hydrogens (tertiary/aromatic N) is 1. The smallest absolute Gasteiger partial charge is 0.232 e. The van der Waals surface area contributed by atoms with E-state index in [1.807, 2.05) is 0 Å². The van der Waals surface area contributed by atoms with Gasteiger partial charge in [0.15, 0.2) is 0 Å². The maximum Gasteiger partial charge on any atom is 0.232 e. The van der Waals surface area contributed by atoms with Crippen LogP contribution in [0.5, 0.6) is 0 Å². The van der Waals surface area contributed by atoms with Crippen LogP contribution in [-0.4, -0.2) is 19.1 Å². The monoisotopic (exact) mass is 155 g/mol. The van der Waals surface area contributed by atoms with Gasteiger partial charge in [0, 0.05) is 0 Å². The van der Waals surface area contributed by atoms with E-state index in [2.05, 4.69) is 5.16 Å². The van der Waals surface area contributed by atoms with Crippen LogP contribution in [0.25, 0.3) is 0 Å². The summed E-state index contributed by atoms with van der Waals surface area (Å²) in [5, 5.41) is 3.89. The lowest BCUT2D eigenvalue weighted by Gasteiger charge is -2.22. The Balaban J connectivity index is 2.05. The van der Waals surface area contributed by atoms with Crippen LogP contribution in [0.15, 0.2) is 5.16 Å². The molecule has 1 saturated carbocycles. The Labute approximate surface area is 66.4 Å². The molecule has 2 atom stereocenters. The Morgan fingerprint density at radius 2 is 2.27 bits per heavy atom. The second-order valence-electron chi connectivity index (χ2n) is 3.17. The van der Waals surface area contributed by atoms with Crippen molar-refractivity contribution in [1.82, 2.24) is 0 Å². The first-order valence-electron chi connectivity index (χ1n) is 4.19. The molecular weight excluding hydrogens is 142 g/mol. The Kier molecular flexibility index (Phi) is 1.72. The highest BCUT2D eigenvalue weighted by molar-refractivity contribution is 5.79. The summed E-state index contributed by atoms with van der Waals surface area (Å²) in [6, 6.07) is 0. The van der Waals surface area contributed by atoms with Gasteiger partial charge in [-0.2, -0.15) is 0 Å². The predicted octanol–water partition coefficient (Wildman–Crippen LogP) is 1.54. The maximum absolute atomic E-state index is 5.22. The van der Waals surface area contributed by atoms with Crippen molar-refractivity contribution < 1.29 is 9.57 Å². The van der Waals surface area contributed by atoms with Gasteiger partial charge in [-0.15, -0.1) is 0 Å². The second-order valence-corrected chi connectivity index (χ2v) is 3.17. The lowest BCUT2D eigenvalue weighted by atomic mass is 9.87. The van der Waals surface area contributed by atoms with Crippen molar-refractivity contribution in [2.24, 2.45) is 11.1 Å². The van der Waals surface area contributed by atoms with Crippen LogP contribution >= 0.6 is 0 Å². The minimum absolute atomic E-state index is 0.318. The molecule has 1 fully saturated rings. The number of fused-ring (bicyclic) bond motifs is 1. The third-order valence-electron chi connectivity index (χ3n) is 2.51. The van der Waals surface area contributed by atoms with Gasteiger partial charge in [-0.1, -0.05) is 11.6 Å². The summed E-state index contributed by atoms with van der Waals surface area (Å²) in [6.45, 7) is 0. The van der Waals surface area contributed by atoms with Crippen molar-refractivity contribution in [1.29, 1.82) is 0 Å². The molecule has 62 valence electrons. The van der Waals surface area contributed by atoms with Gasteiger partial charge in [0.2, 0.25) is 5.90 Å². The number of hydrogen-bond donors (Lipinski definition) is 0. The molecule has 1 aliphatic carbocycles. The van der Waals surface area contributed by atoms with E-state index in [4.69, 9.17) is 9.57 Å². The number of rotatable bonds is 0. The molecule has 0 spiro atoms. The van der Waals surface area contributed by atoms with Gasteiger partial charge >= 0.3 is 0 Å². The van der Waals surface area contributed by atoms with Crippen LogP contribution in [0.3, 0.4) is 0 Å². The molecule has 0 aromatic heterocycles. The Bertz CT molecular complexity index is 179. The number of hydrogen-bond acceptors (Lipinski definition) is 3. The maximum atomic E-state index is 5.22. The molecule has 0 N–H and O–H groups in total. The van der Waals surface area contributed by atoms with Crippen molar-refractivity contribution in [2.45, 2.75) is 31.8 Å². The first-order chi connectivity index (χ1) is 5.42. The van der Waals surface area contributed by atoms with Gasteiger partial charge in [-0.25, -0.2) is 0 Å². The standard InChI is InChI=1S/C8H13NO2/c1-10-8-6-4-2-3-5-7(6)11-9-8/h6-7H,2-5H2,1H3. The summed E-state index contributed by atoms with van der Waals surface area (Å²) in [6.07, 6.45) is 5.19. The van der Waals surface area contributed by atoms with Crippen molar-refractivity contribution >= 4 is 5.90 Å². The summed E-state index contributed by atoms with van der Waals surface area (Å²) in [4.78, 5) is 5.22. The average molecular weight is 155 g/mol. The SMILES string of the molecule is COC1=NOC2CCCCC12. The Morgan fingerprint density at radius 3 is 3.09 bits per heavy atom. The second kappa shape index (κ2) is 2.72. The van der Waals surface area contributed by atoms with Gasteiger partial charge in [0.25, 0.3) is 0 Å². The van der Waals surface area contributed by atoms with E-state index in [1.54, 1.807) is 7.11 Å². The Morgan fingerprint density at radius 1 is 1.45 bits per heavy atom. The van der Waals surface area contributed by atoms with Gasteiger partial charge < -0.3 is 9.57 Å². The van der Waals surface area contributed by atoms with E-state index in [9.17, 15) is 0 Å². The molecule has 11 heavy (non-hydrogen) atoms. The fraction of sp³-hybridized carbons (Fsp3) is 0.875. The third-order valence-corrected chi connectivity index (χ3v) is 2.51. The number of ether oxygens (including phenoxy) is 1. The fourth-order valence-corrected chi connectivity index (χ4v) is 1.88. The van der Waals surface area contributed by atoms with Crippen LogP contribution < -0.4 is 0 Å². The van der Waals surface area contributed by atoms with Crippen molar-refractivity contribution in [2.75, 3.05) is 7.11 Å². The molecule has 3 heteroatoms. The minimum Gasteiger partial charge on any atom is -0.482 e. The van der Waals surface area contributed by atoms with E-state index >= 15 is 0 Å². The highest BCUT2D eigenvalue weighted by Gasteiger charge is 2.36. The summed E-state index contributed by atoms with van der Waals surface area (Å²) < 4.78 is 5.11. The molecule has 2 aliphatic rings. The highest BCUT2D eigenvalue weighted by Crippen LogP contribution is 2.32. The van der Waals surface area contributed by atoms with Crippen molar-refractivity contribution in [3.8, 4) is 0 Å². The van der Waals surface area contributed by atoms with E-state index in [-0.39, 0.29) is 0 Å². The largest absolute Gasteiger partial charge is 0.482 e. The molecule has 0 aromatic rings. The normalized spacial score (nSPS) is 35.5. The molecule has 0 bridgehead atoms. The van der Waals surface area contributed by atoms with Gasteiger partial charge in [-0.05, 0) is 19.3 Å². The lowest BCUT2D eigenvalue weighted by Crippen LogP contribution is -2.27. The molecule has 0 amide bonds. The third kappa shape index (κ3) is 1.08. The van der Waals surface area contributed by atoms with Gasteiger partial charge in [0.05, 0.1) is 13.0 Å². The quantitative estimate of drug-likeness (QED) is 0.531. The molecule has 2 unspecified atom stereocenters. The molecule has 1 aliphatic heterocycles. The zero-order chi connectivity index (χ0) is 7.68. The fourth-order valence-electron chi connectivity index (χ4n) is 1.88. The summed E-state index contributed by atoms with van der Waals surface area (Å²) in [7, 11) is 1.67. The van der Waals surface area contributed by atoms with Crippen LogP contribution in [0, 0.1) is 5.92 Å². The molecule has 1 heterocycles. The molecule has 2 rings (SSSR count). The van der Waals surface area contributed by atoms with Crippen molar-refractivity contribution in [3.05, 3.63) is 0 Å². The summed E-state index contributed by atoms with van der Waals surface area (Å²) in [5.74, 6) is 1.25. The molecule has 0 aromatic carbocycles. The number of methoxy groups -OCH3 is 1. The zero-order valence-electron chi connectivity index (χ0n) is 6.75. The molecule has 3 nitrogen and oxygen atoms in total.